The minimum absolute atomic E-state index is 0.100. The number of rotatable bonds is 2. The number of nitrogens with one attached hydrogen (secondary N) is 1. The number of imidazole rings is 1. The van der Waals surface area contributed by atoms with Crippen LogP contribution in [-0.4, -0.2) is 16.6 Å². The lowest BCUT2D eigenvalue weighted by Crippen LogP contribution is -2.00. The smallest absolute Gasteiger partial charge is 0.207 e. The van der Waals surface area contributed by atoms with Crippen LogP contribution in [0, 0.1) is 5.82 Å². The first-order chi connectivity index (χ1) is 7.22. The fraction of sp³-hybridized carbons (Fsp3) is 0.100. The van der Waals surface area contributed by atoms with Crippen molar-refractivity contribution in [3.63, 3.8) is 0 Å². The summed E-state index contributed by atoms with van der Waals surface area (Å²) in [5.74, 6) is 0.254. The Hall–Kier alpha value is -1.55. The van der Waals surface area contributed by atoms with Crippen LogP contribution < -0.4 is 5.32 Å². The van der Waals surface area contributed by atoms with Gasteiger partial charge in [0.1, 0.15) is 5.82 Å². The molecule has 3 nitrogen and oxygen atoms in total. The summed E-state index contributed by atoms with van der Waals surface area (Å²) in [6.45, 7) is 0. The lowest BCUT2D eigenvalue weighted by molar-refractivity contribution is 0.628. The van der Waals surface area contributed by atoms with Crippen molar-refractivity contribution in [3.8, 4) is 5.69 Å². The van der Waals surface area contributed by atoms with Gasteiger partial charge in [0.15, 0.2) is 0 Å². The summed E-state index contributed by atoms with van der Waals surface area (Å²) >= 11 is 5.70. The van der Waals surface area contributed by atoms with E-state index in [2.05, 4.69) is 10.3 Å². The molecule has 0 unspecified atom stereocenters. The number of benzene rings is 1. The van der Waals surface area contributed by atoms with Crippen LogP contribution in [0.3, 0.4) is 0 Å². The lowest BCUT2D eigenvalue weighted by atomic mass is 10.3. The quantitative estimate of drug-likeness (QED) is 0.852. The van der Waals surface area contributed by atoms with Crippen LogP contribution in [0.5, 0.6) is 0 Å². The second-order valence-electron chi connectivity index (χ2n) is 2.97. The molecule has 0 atom stereocenters. The van der Waals surface area contributed by atoms with E-state index < -0.39 is 5.82 Å². The highest BCUT2D eigenvalue weighted by Crippen LogP contribution is 2.20. The van der Waals surface area contributed by atoms with Crippen molar-refractivity contribution in [2.75, 3.05) is 12.4 Å². The van der Waals surface area contributed by atoms with Gasteiger partial charge in [0, 0.05) is 19.4 Å². The molecule has 1 aromatic heterocycles. The predicted molar refractivity (Wildman–Crippen MR) is 58.1 cm³/mol. The summed E-state index contributed by atoms with van der Waals surface area (Å²) in [4.78, 5) is 4.08. The van der Waals surface area contributed by atoms with Crippen molar-refractivity contribution in [1.29, 1.82) is 0 Å². The Morgan fingerprint density at radius 3 is 2.93 bits per heavy atom. The molecule has 2 rings (SSSR count). The second kappa shape index (κ2) is 3.90. The number of anilines is 1. The number of nitrogens with zero attached hydrogens (tertiary/aromatic N) is 2. The number of aromatic nitrogens is 2. The van der Waals surface area contributed by atoms with Crippen LogP contribution in [0.1, 0.15) is 0 Å². The number of halogens is 2. The first-order valence-electron chi connectivity index (χ1n) is 4.39. The Bertz CT molecular complexity index is 481. The molecule has 2 aromatic rings. The maximum Gasteiger partial charge on any atom is 0.207 e. The molecule has 15 heavy (non-hydrogen) atoms. The fourth-order valence-electron chi connectivity index (χ4n) is 1.33. The first-order valence-corrected chi connectivity index (χ1v) is 4.76. The normalized spacial score (nSPS) is 10.3. The summed E-state index contributed by atoms with van der Waals surface area (Å²) in [6.07, 6.45) is 3.43. The van der Waals surface area contributed by atoms with Crippen LogP contribution >= 0.6 is 11.6 Å². The highest BCUT2D eigenvalue weighted by Gasteiger charge is 2.05. The van der Waals surface area contributed by atoms with E-state index in [1.165, 1.54) is 6.07 Å². The molecular weight excluding hydrogens is 217 g/mol. The van der Waals surface area contributed by atoms with Gasteiger partial charge < -0.3 is 5.32 Å². The average Bonchev–Trinajstić information content (AvgIpc) is 2.70. The minimum Gasteiger partial charge on any atom is -0.358 e. The van der Waals surface area contributed by atoms with Gasteiger partial charge >= 0.3 is 0 Å². The number of hydrogen-bond acceptors (Lipinski definition) is 2. The Balaban J connectivity index is 2.50. The third-order valence-corrected chi connectivity index (χ3v) is 2.34. The van der Waals surface area contributed by atoms with Crippen molar-refractivity contribution in [1.82, 2.24) is 9.55 Å². The standard InChI is InChI=1S/C10H9ClFN3/c1-13-10-14-4-5-15(10)7-2-3-9(12)8(11)6-7/h2-6H,1H3,(H,13,14). The molecule has 0 amide bonds. The highest BCUT2D eigenvalue weighted by molar-refractivity contribution is 6.30. The van der Waals surface area contributed by atoms with Gasteiger partial charge in [-0.3, -0.25) is 4.57 Å². The lowest BCUT2D eigenvalue weighted by Gasteiger charge is -2.07. The summed E-state index contributed by atoms with van der Waals surface area (Å²) < 4.78 is 14.7. The van der Waals surface area contributed by atoms with Gasteiger partial charge in [-0.15, -0.1) is 0 Å². The SMILES string of the molecule is CNc1nccn1-c1ccc(F)c(Cl)c1. The van der Waals surface area contributed by atoms with Crippen LogP contribution in [0.4, 0.5) is 10.3 Å². The van der Waals surface area contributed by atoms with E-state index in [1.54, 1.807) is 36.1 Å². The third kappa shape index (κ3) is 1.80. The maximum atomic E-state index is 13.0. The molecule has 0 spiro atoms. The van der Waals surface area contributed by atoms with E-state index in [-0.39, 0.29) is 5.02 Å². The molecular formula is C10H9ClFN3. The summed E-state index contributed by atoms with van der Waals surface area (Å²) in [7, 11) is 1.77. The van der Waals surface area contributed by atoms with E-state index in [4.69, 9.17) is 11.6 Å². The molecule has 0 aliphatic rings. The zero-order valence-electron chi connectivity index (χ0n) is 8.04. The Labute approximate surface area is 91.5 Å². The zero-order chi connectivity index (χ0) is 10.8. The number of hydrogen-bond donors (Lipinski definition) is 1. The van der Waals surface area contributed by atoms with Crippen molar-refractivity contribution in [2.45, 2.75) is 0 Å². The molecule has 0 bridgehead atoms. The van der Waals surface area contributed by atoms with Crippen LogP contribution in [0.2, 0.25) is 5.02 Å². The van der Waals surface area contributed by atoms with Crippen LogP contribution in [0.25, 0.3) is 5.69 Å². The topological polar surface area (TPSA) is 29.9 Å². The van der Waals surface area contributed by atoms with Crippen LogP contribution in [0.15, 0.2) is 30.6 Å². The van der Waals surface area contributed by atoms with E-state index >= 15 is 0 Å². The van der Waals surface area contributed by atoms with E-state index in [9.17, 15) is 4.39 Å². The maximum absolute atomic E-state index is 13.0. The Kier molecular flexibility index (Phi) is 2.60. The molecule has 0 radical (unpaired) electrons. The van der Waals surface area contributed by atoms with E-state index in [0.29, 0.717) is 5.95 Å². The second-order valence-corrected chi connectivity index (χ2v) is 3.38. The highest BCUT2D eigenvalue weighted by atomic mass is 35.5. The molecule has 1 N–H and O–H groups in total. The van der Waals surface area contributed by atoms with Crippen molar-refractivity contribution in [3.05, 3.63) is 41.4 Å². The van der Waals surface area contributed by atoms with E-state index in [1.807, 2.05) is 0 Å². The average molecular weight is 226 g/mol. The molecule has 0 saturated heterocycles. The van der Waals surface area contributed by atoms with Gasteiger partial charge in [-0.05, 0) is 18.2 Å². The summed E-state index contributed by atoms with van der Waals surface area (Å²) in [5, 5.41) is 3.02. The Morgan fingerprint density at radius 2 is 2.27 bits per heavy atom. The van der Waals surface area contributed by atoms with Crippen molar-refractivity contribution < 1.29 is 4.39 Å². The molecule has 0 fully saturated rings. The predicted octanol–water partition coefficient (Wildman–Crippen LogP) is 2.71. The van der Waals surface area contributed by atoms with Gasteiger partial charge in [0.05, 0.1) is 10.7 Å². The minimum atomic E-state index is -0.425. The molecule has 5 heteroatoms. The molecule has 78 valence electrons. The molecule has 0 saturated carbocycles. The fourth-order valence-corrected chi connectivity index (χ4v) is 1.51. The Morgan fingerprint density at radius 1 is 1.47 bits per heavy atom. The van der Waals surface area contributed by atoms with Crippen molar-refractivity contribution >= 4 is 17.5 Å². The van der Waals surface area contributed by atoms with Gasteiger partial charge in [-0.1, -0.05) is 11.6 Å². The molecule has 1 heterocycles. The van der Waals surface area contributed by atoms with Gasteiger partial charge in [0.25, 0.3) is 0 Å². The van der Waals surface area contributed by atoms with Gasteiger partial charge in [-0.2, -0.15) is 0 Å². The largest absolute Gasteiger partial charge is 0.358 e. The molecule has 1 aromatic carbocycles. The van der Waals surface area contributed by atoms with Gasteiger partial charge in [-0.25, -0.2) is 9.37 Å². The summed E-state index contributed by atoms with van der Waals surface area (Å²) in [5.41, 5.74) is 0.767. The van der Waals surface area contributed by atoms with Crippen molar-refractivity contribution in [2.24, 2.45) is 0 Å². The molecule has 0 aliphatic heterocycles. The van der Waals surface area contributed by atoms with Crippen LogP contribution in [-0.2, 0) is 0 Å². The monoisotopic (exact) mass is 225 g/mol. The van der Waals surface area contributed by atoms with E-state index in [0.717, 1.165) is 5.69 Å². The molecule has 0 aliphatic carbocycles. The van der Waals surface area contributed by atoms with Gasteiger partial charge in [0.2, 0.25) is 5.95 Å². The zero-order valence-corrected chi connectivity index (χ0v) is 8.79. The summed E-state index contributed by atoms with van der Waals surface area (Å²) in [6, 6.07) is 4.53. The third-order valence-electron chi connectivity index (χ3n) is 2.05. The first kappa shape index (κ1) is 9.98.